The van der Waals surface area contributed by atoms with Crippen molar-refractivity contribution in [1.82, 2.24) is 14.5 Å². The van der Waals surface area contributed by atoms with Gasteiger partial charge < -0.3 is 15.0 Å². The van der Waals surface area contributed by atoms with Crippen molar-refractivity contribution in [2.24, 2.45) is 0 Å². The summed E-state index contributed by atoms with van der Waals surface area (Å²) in [7, 11) is 0. The average molecular weight is 406 g/mol. The molecule has 0 atom stereocenters. The Hall–Kier alpha value is -4.12. The Morgan fingerprint density at radius 2 is 1.71 bits per heavy atom. The second-order valence-electron chi connectivity index (χ2n) is 7.43. The lowest BCUT2D eigenvalue weighted by Gasteiger charge is -2.06. The first-order valence-electron chi connectivity index (χ1n) is 10.3. The Balaban J connectivity index is 1.47. The highest BCUT2D eigenvalue weighted by atomic mass is 16.3. The molecule has 5 nitrogen and oxygen atoms in total. The number of phenolic OH excluding ortho intramolecular Hbond substituents is 1. The van der Waals surface area contributed by atoms with E-state index in [1.54, 1.807) is 24.4 Å². The Labute approximate surface area is 180 Å². The van der Waals surface area contributed by atoms with E-state index >= 15 is 0 Å². The van der Waals surface area contributed by atoms with Gasteiger partial charge in [0.1, 0.15) is 5.75 Å². The Morgan fingerprint density at radius 3 is 2.58 bits per heavy atom. The van der Waals surface area contributed by atoms with Crippen molar-refractivity contribution in [2.45, 2.75) is 13.0 Å². The van der Waals surface area contributed by atoms with Crippen molar-refractivity contribution in [3.8, 4) is 17.0 Å². The lowest BCUT2D eigenvalue weighted by molar-refractivity contribution is 0.475. The van der Waals surface area contributed by atoms with Gasteiger partial charge in [0.15, 0.2) is 0 Å². The predicted octanol–water partition coefficient (Wildman–Crippen LogP) is 5.79. The van der Waals surface area contributed by atoms with Crippen LogP contribution in [0, 0.1) is 0 Å². The van der Waals surface area contributed by atoms with E-state index in [-0.39, 0.29) is 5.75 Å². The molecule has 2 aromatic heterocycles. The van der Waals surface area contributed by atoms with Crippen LogP contribution in [0.25, 0.3) is 22.2 Å². The second kappa shape index (κ2) is 8.32. The summed E-state index contributed by atoms with van der Waals surface area (Å²) in [5.41, 5.74) is 5.18. The lowest BCUT2D eigenvalue weighted by atomic mass is 10.1. The summed E-state index contributed by atoms with van der Waals surface area (Å²) >= 11 is 0. The van der Waals surface area contributed by atoms with Gasteiger partial charge in [-0.3, -0.25) is 0 Å². The minimum Gasteiger partial charge on any atom is -0.508 e. The Bertz CT molecular complexity index is 1330. The van der Waals surface area contributed by atoms with E-state index in [0.29, 0.717) is 5.95 Å². The van der Waals surface area contributed by atoms with Crippen molar-refractivity contribution < 1.29 is 5.11 Å². The van der Waals surface area contributed by atoms with Crippen LogP contribution in [0.15, 0.2) is 97.3 Å². The van der Waals surface area contributed by atoms with Crippen LogP contribution in [-0.2, 0) is 13.0 Å². The zero-order chi connectivity index (χ0) is 21.0. The van der Waals surface area contributed by atoms with Crippen LogP contribution in [0.1, 0.15) is 5.56 Å². The van der Waals surface area contributed by atoms with Gasteiger partial charge in [0, 0.05) is 47.2 Å². The highest BCUT2D eigenvalue weighted by Gasteiger charge is 2.12. The molecule has 0 aliphatic heterocycles. The molecule has 2 heterocycles. The number of phenols is 1. The third-order valence-corrected chi connectivity index (χ3v) is 5.31. The molecule has 5 aromatic rings. The maximum Gasteiger partial charge on any atom is 0.227 e. The van der Waals surface area contributed by atoms with Gasteiger partial charge in [0.25, 0.3) is 0 Å². The van der Waals surface area contributed by atoms with Crippen molar-refractivity contribution in [3.05, 3.63) is 103 Å². The topological polar surface area (TPSA) is 63.0 Å². The summed E-state index contributed by atoms with van der Waals surface area (Å²) in [5.74, 6) is 0.687. The molecule has 0 radical (unpaired) electrons. The van der Waals surface area contributed by atoms with Crippen LogP contribution in [-0.4, -0.2) is 19.6 Å². The zero-order valence-corrected chi connectivity index (χ0v) is 16.9. The number of nitrogens with one attached hydrogen (secondary N) is 1. The van der Waals surface area contributed by atoms with Gasteiger partial charge in [-0.2, -0.15) is 0 Å². The molecule has 0 bridgehead atoms. The van der Waals surface area contributed by atoms with Crippen molar-refractivity contribution in [2.75, 3.05) is 5.32 Å². The summed E-state index contributed by atoms with van der Waals surface area (Å²) in [4.78, 5) is 9.07. The molecular weight excluding hydrogens is 384 g/mol. The summed E-state index contributed by atoms with van der Waals surface area (Å²) in [5, 5.41) is 14.0. The first-order valence-corrected chi connectivity index (χ1v) is 10.3. The summed E-state index contributed by atoms with van der Waals surface area (Å²) in [6.07, 6.45) is 4.89. The van der Waals surface area contributed by atoms with E-state index in [4.69, 9.17) is 4.98 Å². The second-order valence-corrected chi connectivity index (χ2v) is 7.43. The molecule has 0 aliphatic carbocycles. The standard InChI is InChI=1S/C26H22N4O/c31-21-10-6-9-20(17-21)28-26-27-15-13-24(29-26)23-18-30(25-12-5-4-11-22(23)25)16-14-19-7-2-1-3-8-19/h1-13,15,17-18,31H,14,16H2,(H,27,28,29). The Morgan fingerprint density at radius 1 is 0.871 bits per heavy atom. The highest BCUT2D eigenvalue weighted by molar-refractivity contribution is 5.95. The van der Waals surface area contributed by atoms with E-state index in [1.165, 1.54) is 11.1 Å². The van der Waals surface area contributed by atoms with Gasteiger partial charge in [-0.25, -0.2) is 9.97 Å². The zero-order valence-electron chi connectivity index (χ0n) is 16.9. The fraction of sp³-hybridized carbons (Fsp3) is 0.0769. The summed E-state index contributed by atoms with van der Waals surface area (Å²) < 4.78 is 2.29. The fourth-order valence-electron chi connectivity index (χ4n) is 3.81. The van der Waals surface area contributed by atoms with Gasteiger partial charge >= 0.3 is 0 Å². The van der Waals surface area contributed by atoms with Crippen LogP contribution in [0.4, 0.5) is 11.6 Å². The SMILES string of the molecule is Oc1cccc(Nc2nccc(-c3cn(CCc4ccccc4)c4ccccc34)n2)c1. The minimum atomic E-state index is 0.197. The van der Waals surface area contributed by atoms with Crippen molar-refractivity contribution >= 4 is 22.5 Å². The number of nitrogens with zero attached hydrogens (tertiary/aromatic N) is 3. The van der Waals surface area contributed by atoms with Crippen LogP contribution in [0.3, 0.4) is 0 Å². The molecule has 5 rings (SSSR count). The van der Waals surface area contributed by atoms with Gasteiger partial charge in [-0.1, -0.05) is 54.6 Å². The lowest BCUT2D eigenvalue weighted by Crippen LogP contribution is -1.99. The van der Waals surface area contributed by atoms with Crippen molar-refractivity contribution in [3.63, 3.8) is 0 Å². The predicted molar refractivity (Wildman–Crippen MR) is 124 cm³/mol. The number of aromatic hydroxyl groups is 1. The number of para-hydroxylation sites is 1. The van der Waals surface area contributed by atoms with Crippen LogP contribution in [0.5, 0.6) is 5.75 Å². The normalized spacial score (nSPS) is 11.0. The molecule has 0 saturated heterocycles. The third kappa shape index (κ3) is 4.12. The molecule has 5 heteroatoms. The van der Waals surface area contributed by atoms with E-state index in [0.717, 1.165) is 35.3 Å². The van der Waals surface area contributed by atoms with E-state index in [9.17, 15) is 5.11 Å². The number of benzene rings is 3. The average Bonchev–Trinajstić information content (AvgIpc) is 3.17. The highest BCUT2D eigenvalue weighted by Crippen LogP contribution is 2.30. The van der Waals surface area contributed by atoms with Crippen LogP contribution < -0.4 is 5.32 Å². The van der Waals surface area contributed by atoms with Crippen molar-refractivity contribution in [1.29, 1.82) is 0 Å². The molecule has 0 unspecified atom stereocenters. The number of hydrogen-bond acceptors (Lipinski definition) is 4. The first kappa shape index (κ1) is 18.9. The molecule has 3 aromatic carbocycles. The molecule has 0 aliphatic rings. The molecule has 0 spiro atoms. The number of hydrogen-bond donors (Lipinski definition) is 2. The smallest absolute Gasteiger partial charge is 0.227 e. The van der Waals surface area contributed by atoms with Gasteiger partial charge in [0.05, 0.1) is 5.69 Å². The van der Waals surface area contributed by atoms with E-state index in [1.807, 2.05) is 18.2 Å². The molecule has 0 fully saturated rings. The molecule has 152 valence electrons. The number of fused-ring (bicyclic) bond motifs is 1. The van der Waals surface area contributed by atoms with E-state index in [2.05, 4.69) is 69.6 Å². The molecule has 2 N–H and O–H groups in total. The first-order chi connectivity index (χ1) is 15.3. The monoisotopic (exact) mass is 406 g/mol. The number of aromatic nitrogens is 3. The summed E-state index contributed by atoms with van der Waals surface area (Å²) in [6, 6.07) is 27.8. The number of anilines is 2. The van der Waals surface area contributed by atoms with Gasteiger partial charge in [0.2, 0.25) is 5.95 Å². The molecule has 0 saturated carbocycles. The maximum absolute atomic E-state index is 9.69. The molecule has 0 amide bonds. The largest absolute Gasteiger partial charge is 0.508 e. The third-order valence-electron chi connectivity index (χ3n) is 5.31. The number of aryl methyl sites for hydroxylation is 2. The molecule has 31 heavy (non-hydrogen) atoms. The number of rotatable bonds is 6. The van der Waals surface area contributed by atoms with E-state index < -0.39 is 0 Å². The van der Waals surface area contributed by atoms with Gasteiger partial charge in [-0.15, -0.1) is 0 Å². The molecular formula is C26H22N4O. The summed E-state index contributed by atoms with van der Waals surface area (Å²) in [6.45, 7) is 0.893. The Kier molecular flexibility index (Phi) is 5.07. The maximum atomic E-state index is 9.69. The van der Waals surface area contributed by atoms with Crippen LogP contribution in [0.2, 0.25) is 0 Å². The minimum absolute atomic E-state index is 0.197. The van der Waals surface area contributed by atoms with Gasteiger partial charge in [-0.05, 0) is 36.2 Å². The quantitative estimate of drug-likeness (QED) is 0.375. The fourth-order valence-corrected chi connectivity index (χ4v) is 3.81. The van der Waals surface area contributed by atoms with Crippen LogP contribution >= 0.6 is 0 Å².